The van der Waals surface area contributed by atoms with E-state index >= 15 is 0 Å². The average Bonchev–Trinajstić information content (AvgIpc) is 2.89. The molecule has 3 aromatic carbocycles. The molecule has 0 aliphatic heterocycles. The van der Waals surface area contributed by atoms with E-state index in [0.717, 1.165) is 21.5 Å². The van der Waals surface area contributed by atoms with E-state index in [2.05, 4.69) is 5.32 Å². The molecule has 0 fully saturated rings. The maximum absolute atomic E-state index is 13.7. The molecule has 0 spiro atoms. The first kappa shape index (κ1) is 29.9. The van der Waals surface area contributed by atoms with Crippen LogP contribution in [0.15, 0.2) is 65.6 Å². The lowest BCUT2D eigenvalue weighted by Crippen LogP contribution is -2.53. The Bertz CT molecular complexity index is 1390. The highest BCUT2D eigenvalue weighted by Gasteiger charge is 2.33. The third kappa shape index (κ3) is 6.86. The van der Waals surface area contributed by atoms with Crippen LogP contribution in [0.4, 0.5) is 0 Å². The highest BCUT2D eigenvalue weighted by atomic mass is 35.5. The molecule has 0 saturated heterocycles. The Morgan fingerprint density at radius 3 is 2.16 bits per heavy atom. The van der Waals surface area contributed by atoms with Gasteiger partial charge in [-0.15, -0.1) is 0 Å². The first-order valence-corrected chi connectivity index (χ1v) is 14.7. The average molecular weight is 579 g/mol. The summed E-state index contributed by atoms with van der Waals surface area (Å²) in [6, 6.07) is 16.3. The lowest BCUT2D eigenvalue weighted by molar-refractivity contribution is -0.141. The number of carbonyl (C=O) groups excluding carboxylic acids is 2. The number of amides is 2. The van der Waals surface area contributed by atoms with Crippen LogP contribution >= 0.6 is 23.2 Å². The molecule has 38 heavy (non-hydrogen) atoms. The number of sulfonamides is 1. The number of rotatable bonds is 11. The maximum atomic E-state index is 13.7. The Hall–Kier alpha value is -2.65. The van der Waals surface area contributed by atoms with E-state index in [0.29, 0.717) is 22.0 Å². The molecule has 0 heterocycles. The van der Waals surface area contributed by atoms with Gasteiger partial charge in [0, 0.05) is 35.2 Å². The van der Waals surface area contributed by atoms with Crippen molar-refractivity contribution < 1.29 is 18.0 Å². The molecule has 0 saturated carbocycles. The fourth-order valence-corrected chi connectivity index (χ4v) is 5.76. The summed E-state index contributed by atoms with van der Waals surface area (Å²) in [5.41, 5.74) is 0.485. The monoisotopic (exact) mass is 577 g/mol. The number of hydrogen-bond donors (Lipinski definition) is 1. The van der Waals surface area contributed by atoms with Crippen LogP contribution in [0, 0.1) is 0 Å². The molecular weight excluding hydrogens is 545 g/mol. The number of hydrogen-bond acceptors (Lipinski definition) is 4. The Balaban J connectivity index is 1.93. The standard InChI is InChI=1S/C28H33Cl2N3O4S/c1-5-19(3)31-28(35)26(6-2)33(17-23-24(29)12-9-13-25(23)30)27(34)18-32(4)38(36,37)22-15-14-20-10-7-8-11-21(20)16-22/h7-16,19,26H,5-6,17-18H2,1-4H3,(H,31,35)/t19-,26-/m0/s1. The van der Waals surface area contributed by atoms with Crippen molar-refractivity contribution in [2.75, 3.05) is 13.6 Å². The normalized spacial score (nSPS) is 13.3. The molecule has 0 aliphatic rings. The number of benzene rings is 3. The van der Waals surface area contributed by atoms with Crippen molar-refractivity contribution >= 4 is 55.8 Å². The van der Waals surface area contributed by atoms with Gasteiger partial charge in [-0.05, 0) is 54.8 Å². The second-order valence-electron chi connectivity index (χ2n) is 9.23. The minimum absolute atomic E-state index is 0.0480. The summed E-state index contributed by atoms with van der Waals surface area (Å²) in [5.74, 6) is -0.864. The Morgan fingerprint density at radius 1 is 0.921 bits per heavy atom. The summed E-state index contributed by atoms with van der Waals surface area (Å²) in [6.07, 6.45) is 1.04. The summed E-state index contributed by atoms with van der Waals surface area (Å²) >= 11 is 12.8. The molecule has 3 rings (SSSR count). The van der Waals surface area contributed by atoms with E-state index in [1.54, 1.807) is 37.3 Å². The largest absolute Gasteiger partial charge is 0.352 e. The lowest BCUT2D eigenvalue weighted by Gasteiger charge is -2.33. The van der Waals surface area contributed by atoms with Gasteiger partial charge in [0.1, 0.15) is 6.04 Å². The van der Waals surface area contributed by atoms with Crippen molar-refractivity contribution in [3.05, 3.63) is 76.3 Å². The fourth-order valence-electron chi connectivity index (χ4n) is 4.09. The van der Waals surface area contributed by atoms with Gasteiger partial charge in [0.15, 0.2) is 0 Å². The second kappa shape index (κ2) is 12.9. The first-order valence-electron chi connectivity index (χ1n) is 12.5. The molecule has 0 aromatic heterocycles. The van der Waals surface area contributed by atoms with E-state index in [1.165, 1.54) is 18.0 Å². The van der Waals surface area contributed by atoms with E-state index in [4.69, 9.17) is 23.2 Å². The lowest BCUT2D eigenvalue weighted by atomic mass is 10.1. The van der Waals surface area contributed by atoms with E-state index in [9.17, 15) is 18.0 Å². The zero-order valence-corrected chi connectivity index (χ0v) is 24.3. The molecule has 0 aliphatic carbocycles. The molecule has 7 nitrogen and oxygen atoms in total. The predicted molar refractivity (Wildman–Crippen MR) is 153 cm³/mol. The van der Waals surface area contributed by atoms with E-state index in [1.807, 2.05) is 38.1 Å². The summed E-state index contributed by atoms with van der Waals surface area (Å²) in [5, 5.41) is 5.31. The Kier molecular flexibility index (Phi) is 10.2. The quantitative estimate of drug-likeness (QED) is 0.326. The number of fused-ring (bicyclic) bond motifs is 1. The molecular formula is C28H33Cl2N3O4S. The smallest absolute Gasteiger partial charge is 0.243 e. The van der Waals surface area contributed by atoms with Crippen molar-refractivity contribution in [3.63, 3.8) is 0 Å². The Labute approximate surface area is 234 Å². The minimum Gasteiger partial charge on any atom is -0.352 e. The van der Waals surface area contributed by atoms with Crippen LogP contribution in [0.5, 0.6) is 0 Å². The fraction of sp³-hybridized carbons (Fsp3) is 0.357. The van der Waals surface area contributed by atoms with E-state index < -0.39 is 28.5 Å². The molecule has 2 atom stereocenters. The zero-order valence-electron chi connectivity index (χ0n) is 21.9. The van der Waals surface area contributed by atoms with Gasteiger partial charge in [-0.2, -0.15) is 4.31 Å². The van der Waals surface area contributed by atoms with Gasteiger partial charge in [0.2, 0.25) is 21.8 Å². The number of halogens is 2. The number of likely N-dealkylation sites (N-methyl/N-ethyl adjacent to an activating group) is 1. The van der Waals surface area contributed by atoms with Gasteiger partial charge >= 0.3 is 0 Å². The number of nitrogens with zero attached hydrogens (tertiary/aromatic N) is 2. The van der Waals surface area contributed by atoms with Gasteiger partial charge in [-0.3, -0.25) is 9.59 Å². The van der Waals surface area contributed by atoms with Gasteiger partial charge in [-0.25, -0.2) is 8.42 Å². The molecule has 3 aromatic rings. The van der Waals surface area contributed by atoms with Crippen LogP contribution in [0.2, 0.25) is 10.0 Å². The van der Waals surface area contributed by atoms with Crippen LogP contribution in [0.25, 0.3) is 10.8 Å². The van der Waals surface area contributed by atoms with Gasteiger partial charge in [-0.1, -0.05) is 73.4 Å². The van der Waals surface area contributed by atoms with Crippen LogP contribution < -0.4 is 5.32 Å². The summed E-state index contributed by atoms with van der Waals surface area (Å²) in [4.78, 5) is 28.3. The number of carbonyl (C=O) groups is 2. The van der Waals surface area contributed by atoms with Crippen LogP contribution in [-0.4, -0.2) is 55.1 Å². The SMILES string of the molecule is CC[C@H](C)NC(=O)[C@H](CC)N(Cc1c(Cl)cccc1Cl)C(=O)CN(C)S(=O)(=O)c1ccc2ccccc2c1. The third-order valence-corrected chi connectivity index (χ3v) is 9.07. The van der Waals surface area contributed by atoms with Crippen molar-refractivity contribution in [1.29, 1.82) is 0 Å². The van der Waals surface area contributed by atoms with Crippen molar-refractivity contribution in [2.45, 2.75) is 57.1 Å². The molecule has 10 heteroatoms. The van der Waals surface area contributed by atoms with Crippen molar-refractivity contribution in [3.8, 4) is 0 Å². The van der Waals surface area contributed by atoms with Crippen molar-refractivity contribution in [2.24, 2.45) is 0 Å². The van der Waals surface area contributed by atoms with Gasteiger partial charge in [0.05, 0.1) is 11.4 Å². The molecule has 0 bridgehead atoms. The maximum Gasteiger partial charge on any atom is 0.243 e. The molecule has 0 radical (unpaired) electrons. The first-order chi connectivity index (χ1) is 18.0. The van der Waals surface area contributed by atoms with Crippen molar-refractivity contribution in [1.82, 2.24) is 14.5 Å². The molecule has 0 unspecified atom stereocenters. The number of nitrogens with one attached hydrogen (secondary N) is 1. The highest BCUT2D eigenvalue weighted by molar-refractivity contribution is 7.89. The highest BCUT2D eigenvalue weighted by Crippen LogP contribution is 2.27. The van der Waals surface area contributed by atoms with E-state index in [-0.39, 0.29) is 23.4 Å². The Morgan fingerprint density at radius 2 is 1.55 bits per heavy atom. The second-order valence-corrected chi connectivity index (χ2v) is 12.1. The molecule has 204 valence electrons. The zero-order chi connectivity index (χ0) is 28.0. The summed E-state index contributed by atoms with van der Waals surface area (Å²) in [6.45, 7) is 5.11. The third-order valence-electron chi connectivity index (χ3n) is 6.56. The summed E-state index contributed by atoms with van der Waals surface area (Å²) in [7, 11) is -2.64. The van der Waals surface area contributed by atoms with Crippen LogP contribution in [0.1, 0.15) is 39.2 Å². The molecule has 2 amide bonds. The topological polar surface area (TPSA) is 86.8 Å². The minimum atomic E-state index is -3.99. The van der Waals surface area contributed by atoms with Gasteiger partial charge < -0.3 is 10.2 Å². The van der Waals surface area contributed by atoms with Crippen LogP contribution in [-0.2, 0) is 26.2 Å². The predicted octanol–water partition coefficient (Wildman–Crippen LogP) is 5.49. The van der Waals surface area contributed by atoms with Gasteiger partial charge in [0.25, 0.3) is 0 Å². The summed E-state index contributed by atoms with van der Waals surface area (Å²) < 4.78 is 27.8. The molecule has 1 N–H and O–H groups in total. The van der Waals surface area contributed by atoms with Crippen LogP contribution in [0.3, 0.4) is 0 Å².